The van der Waals surface area contributed by atoms with E-state index in [1.165, 1.54) is 0 Å². The summed E-state index contributed by atoms with van der Waals surface area (Å²) in [5.74, 6) is -0.352. The molecule has 2 rings (SSSR count). The Morgan fingerprint density at radius 3 is 2.84 bits per heavy atom. The van der Waals surface area contributed by atoms with Crippen molar-refractivity contribution in [2.24, 2.45) is 0 Å². The molecular weight excluding hydrogens is 244 g/mol. The van der Waals surface area contributed by atoms with E-state index in [0.717, 1.165) is 17.0 Å². The molecule has 6 nitrogen and oxygen atoms in total. The molecule has 0 aromatic carbocycles. The molecule has 0 fully saturated rings. The van der Waals surface area contributed by atoms with E-state index in [-0.39, 0.29) is 19.1 Å². The standard InChI is InChI=1S/C13H16N4O2/c1-9-13(14)10(2)17(16-9)7-12(18)19-8-11-4-3-5-15-6-11/h3-6H,7-8,14H2,1-2H3. The molecule has 0 aliphatic carbocycles. The van der Waals surface area contributed by atoms with Gasteiger partial charge in [0, 0.05) is 18.0 Å². The molecule has 2 N–H and O–H groups in total. The number of rotatable bonds is 4. The maximum absolute atomic E-state index is 11.7. The monoisotopic (exact) mass is 260 g/mol. The van der Waals surface area contributed by atoms with Crippen molar-refractivity contribution in [3.05, 3.63) is 41.5 Å². The highest BCUT2D eigenvalue weighted by molar-refractivity contribution is 5.69. The number of nitrogen functional groups attached to an aromatic ring is 1. The smallest absolute Gasteiger partial charge is 0.328 e. The van der Waals surface area contributed by atoms with Crippen LogP contribution in [0.2, 0.25) is 0 Å². The molecular formula is C13H16N4O2. The molecule has 2 heterocycles. The molecule has 100 valence electrons. The van der Waals surface area contributed by atoms with E-state index in [1.54, 1.807) is 30.1 Å². The molecule has 0 aliphatic rings. The SMILES string of the molecule is Cc1nn(CC(=O)OCc2cccnc2)c(C)c1N. The van der Waals surface area contributed by atoms with E-state index in [9.17, 15) is 4.79 Å². The van der Waals surface area contributed by atoms with E-state index < -0.39 is 0 Å². The fourth-order valence-electron chi connectivity index (χ4n) is 1.68. The lowest BCUT2D eigenvalue weighted by atomic mass is 10.3. The van der Waals surface area contributed by atoms with Crippen LogP contribution in [0.5, 0.6) is 0 Å². The maximum atomic E-state index is 11.7. The van der Waals surface area contributed by atoms with Crippen LogP contribution in [0.15, 0.2) is 24.5 Å². The van der Waals surface area contributed by atoms with Crippen LogP contribution in [0, 0.1) is 13.8 Å². The van der Waals surface area contributed by atoms with Gasteiger partial charge < -0.3 is 10.5 Å². The number of pyridine rings is 1. The summed E-state index contributed by atoms with van der Waals surface area (Å²) >= 11 is 0. The normalized spacial score (nSPS) is 10.4. The number of aromatic nitrogens is 3. The van der Waals surface area contributed by atoms with Gasteiger partial charge in [0.2, 0.25) is 0 Å². The van der Waals surface area contributed by atoms with Gasteiger partial charge in [-0.2, -0.15) is 5.10 Å². The third-order valence-corrected chi connectivity index (χ3v) is 2.84. The van der Waals surface area contributed by atoms with E-state index in [1.807, 2.05) is 13.0 Å². The second kappa shape index (κ2) is 5.51. The van der Waals surface area contributed by atoms with Crippen molar-refractivity contribution >= 4 is 11.7 Å². The highest BCUT2D eigenvalue weighted by Gasteiger charge is 2.12. The van der Waals surface area contributed by atoms with Gasteiger partial charge in [-0.15, -0.1) is 0 Å². The molecule has 2 aromatic heterocycles. The Kier molecular flexibility index (Phi) is 3.79. The first kappa shape index (κ1) is 13.1. The zero-order valence-electron chi connectivity index (χ0n) is 11.0. The molecule has 0 spiro atoms. The lowest BCUT2D eigenvalue weighted by Gasteiger charge is -2.06. The van der Waals surface area contributed by atoms with E-state index in [4.69, 9.17) is 10.5 Å². The summed E-state index contributed by atoms with van der Waals surface area (Å²) < 4.78 is 6.71. The predicted molar refractivity (Wildman–Crippen MR) is 70.1 cm³/mol. The zero-order chi connectivity index (χ0) is 13.8. The van der Waals surface area contributed by atoms with Crippen molar-refractivity contribution in [2.75, 3.05) is 5.73 Å². The number of nitrogens with two attached hydrogens (primary N) is 1. The number of hydrogen-bond donors (Lipinski definition) is 1. The molecule has 0 bridgehead atoms. The van der Waals surface area contributed by atoms with Gasteiger partial charge in [-0.3, -0.25) is 14.5 Å². The minimum atomic E-state index is -0.352. The summed E-state index contributed by atoms with van der Waals surface area (Å²) in [5, 5.41) is 4.18. The van der Waals surface area contributed by atoms with Crippen LogP contribution in [0.25, 0.3) is 0 Å². The molecule has 0 saturated carbocycles. The zero-order valence-corrected chi connectivity index (χ0v) is 11.0. The van der Waals surface area contributed by atoms with Crippen LogP contribution in [-0.2, 0) is 22.7 Å². The summed E-state index contributed by atoms with van der Waals surface area (Å²) in [5.41, 5.74) is 8.76. The molecule has 0 unspecified atom stereocenters. The van der Waals surface area contributed by atoms with Crippen LogP contribution in [0.3, 0.4) is 0 Å². The first-order valence-corrected chi connectivity index (χ1v) is 5.92. The third kappa shape index (κ3) is 3.09. The maximum Gasteiger partial charge on any atom is 0.328 e. The molecule has 0 saturated heterocycles. The first-order chi connectivity index (χ1) is 9.08. The number of ether oxygens (including phenoxy) is 1. The fraction of sp³-hybridized carbons (Fsp3) is 0.308. The Morgan fingerprint density at radius 2 is 2.26 bits per heavy atom. The number of nitrogens with zero attached hydrogens (tertiary/aromatic N) is 3. The van der Waals surface area contributed by atoms with Gasteiger partial charge in [0.15, 0.2) is 0 Å². The van der Waals surface area contributed by atoms with Crippen LogP contribution in [0.4, 0.5) is 5.69 Å². The predicted octanol–water partition coefficient (Wildman–Crippen LogP) is 1.22. The van der Waals surface area contributed by atoms with Crippen molar-refractivity contribution in [2.45, 2.75) is 27.0 Å². The Hall–Kier alpha value is -2.37. The van der Waals surface area contributed by atoms with Crippen molar-refractivity contribution in [1.82, 2.24) is 14.8 Å². The number of hydrogen-bond acceptors (Lipinski definition) is 5. The lowest BCUT2D eigenvalue weighted by Crippen LogP contribution is -2.15. The number of aryl methyl sites for hydroxylation is 1. The summed E-state index contributed by atoms with van der Waals surface area (Å²) in [4.78, 5) is 15.7. The summed E-state index contributed by atoms with van der Waals surface area (Å²) in [6.45, 7) is 3.90. The van der Waals surface area contributed by atoms with Gasteiger partial charge in [-0.1, -0.05) is 6.07 Å². The van der Waals surface area contributed by atoms with Gasteiger partial charge in [0.25, 0.3) is 0 Å². The Morgan fingerprint density at radius 1 is 1.47 bits per heavy atom. The molecule has 6 heteroatoms. The highest BCUT2D eigenvalue weighted by Crippen LogP contribution is 2.14. The van der Waals surface area contributed by atoms with E-state index >= 15 is 0 Å². The molecule has 0 aliphatic heterocycles. The molecule has 0 radical (unpaired) electrons. The van der Waals surface area contributed by atoms with Gasteiger partial charge >= 0.3 is 5.97 Å². The number of anilines is 1. The fourth-order valence-corrected chi connectivity index (χ4v) is 1.68. The van der Waals surface area contributed by atoms with Crippen LogP contribution in [0.1, 0.15) is 17.0 Å². The van der Waals surface area contributed by atoms with Crippen molar-refractivity contribution in [1.29, 1.82) is 0 Å². The summed E-state index contributed by atoms with van der Waals surface area (Å²) in [6.07, 6.45) is 3.33. The highest BCUT2D eigenvalue weighted by atomic mass is 16.5. The van der Waals surface area contributed by atoms with E-state index in [2.05, 4.69) is 10.1 Å². The van der Waals surface area contributed by atoms with Gasteiger partial charge in [-0.25, -0.2) is 0 Å². The molecule has 2 aromatic rings. The Labute approximate surface area is 111 Å². The molecule has 19 heavy (non-hydrogen) atoms. The third-order valence-electron chi connectivity index (χ3n) is 2.84. The average molecular weight is 260 g/mol. The first-order valence-electron chi connectivity index (χ1n) is 5.92. The average Bonchev–Trinajstić information content (AvgIpc) is 2.65. The van der Waals surface area contributed by atoms with Crippen molar-refractivity contribution in [3.63, 3.8) is 0 Å². The number of carbonyl (C=O) groups is 1. The molecule has 0 amide bonds. The largest absolute Gasteiger partial charge is 0.459 e. The van der Waals surface area contributed by atoms with Crippen LogP contribution < -0.4 is 5.73 Å². The summed E-state index contributed by atoms with van der Waals surface area (Å²) in [7, 11) is 0. The van der Waals surface area contributed by atoms with Gasteiger partial charge in [0.05, 0.1) is 17.1 Å². The number of carbonyl (C=O) groups excluding carboxylic acids is 1. The van der Waals surface area contributed by atoms with Crippen molar-refractivity contribution < 1.29 is 9.53 Å². The second-order valence-corrected chi connectivity index (χ2v) is 4.26. The van der Waals surface area contributed by atoms with Gasteiger partial charge in [-0.05, 0) is 19.9 Å². The Balaban J connectivity index is 1.93. The Bertz CT molecular complexity index is 578. The van der Waals surface area contributed by atoms with Crippen LogP contribution >= 0.6 is 0 Å². The minimum Gasteiger partial charge on any atom is -0.459 e. The topological polar surface area (TPSA) is 83.0 Å². The minimum absolute atomic E-state index is 0.0597. The quantitative estimate of drug-likeness (QED) is 0.836. The summed E-state index contributed by atoms with van der Waals surface area (Å²) in [6, 6.07) is 3.65. The van der Waals surface area contributed by atoms with Crippen LogP contribution in [-0.4, -0.2) is 20.7 Å². The number of esters is 1. The van der Waals surface area contributed by atoms with Gasteiger partial charge in [0.1, 0.15) is 13.2 Å². The second-order valence-electron chi connectivity index (χ2n) is 4.26. The van der Waals surface area contributed by atoms with E-state index in [0.29, 0.717) is 5.69 Å². The van der Waals surface area contributed by atoms with Crippen molar-refractivity contribution in [3.8, 4) is 0 Å². The lowest BCUT2D eigenvalue weighted by molar-refractivity contribution is -0.145. The molecule has 0 atom stereocenters.